The Kier molecular flexibility index (Phi) is 5.22. The molecule has 0 amide bonds. The summed E-state index contributed by atoms with van der Waals surface area (Å²) in [6, 6.07) is 4.61. The van der Waals surface area contributed by atoms with Gasteiger partial charge in [-0.25, -0.2) is 8.42 Å². The van der Waals surface area contributed by atoms with Gasteiger partial charge < -0.3 is 19.3 Å². The van der Waals surface area contributed by atoms with Crippen molar-refractivity contribution in [2.45, 2.75) is 48.7 Å². The smallest absolute Gasteiger partial charge is 0.243 e. The highest BCUT2D eigenvalue weighted by molar-refractivity contribution is 7.89. The monoisotopic (exact) mass is 385 g/mol. The highest BCUT2D eigenvalue weighted by atomic mass is 32.2. The highest BCUT2D eigenvalue weighted by Gasteiger charge is 2.46. The van der Waals surface area contributed by atoms with Gasteiger partial charge in [-0.3, -0.25) is 0 Å². The molecule has 146 valence electrons. The van der Waals surface area contributed by atoms with Gasteiger partial charge in [0, 0.05) is 25.6 Å². The van der Waals surface area contributed by atoms with Crippen molar-refractivity contribution >= 4 is 10.0 Å². The van der Waals surface area contributed by atoms with Crippen LogP contribution in [0.4, 0.5) is 0 Å². The number of ether oxygens (including phenoxy) is 3. The van der Waals surface area contributed by atoms with E-state index in [-0.39, 0.29) is 4.90 Å². The number of sulfonamides is 1. The maximum absolute atomic E-state index is 13.0. The van der Waals surface area contributed by atoms with E-state index >= 15 is 0 Å². The summed E-state index contributed by atoms with van der Waals surface area (Å²) in [5.41, 5.74) is -1.17. The lowest BCUT2D eigenvalue weighted by molar-refractivity contribution is -0.168. The zero-order valence-corrected chi connectivity index (χ0v) is 16.3. The van der Waals surface area contributed by atoms with Gasteiger partial charge in [-0.05, 0) is 38.3 Å². The minimum Gasteiger partial charge on any atom is -0.493 e. The van der Waals surface area contributed by atoms with Crippen LogP contribution in [0.25, 0.3) is 0 Å². The van der Waals surface area contributed by atoms with Crippen LogP contribution in [0.2, 0.25) is 0 Å². The molecule has 0 radical (unpaired) electrons. The number of aliphatic hydroxyl groups is 1. The fraction of sp³-hybridized carbons (Fsp3) is 0.667. The third kappa shape index (κ3) is 3.69. The van der Waals surface area contributed by atoms with Gasteiger partial charge >= 0.3 is 0 Å². The van der Waals surface area contributed by atoms with E-state index in [2.05, 4.69) is 0 Å². The largest absolute Gasteiger partial charge is 0.493 e. The molecule has 2 saturated heterocycles. The maximum Gasteiger partial charge on any atom is 0.243 e. The van der Waals surface area contributed by atoms with Crippen LogP contribution in [0.15, 0.2) is 23.1 Å². The van der Waals surface area contributed by atoms with Crippen LogP contribution in [0.3, 0.4) is 0 Å². The maximum atomic E-state index is 13.0. The molecule has 26 heavy (non-hydrogen) atoms. The van der Waals surface area contributed by atoms with Gasteiger partial charge in [-0.1, -0.05) is 0 Å². The molecule has 3 rings (SSSR count). The lowest BCUT2D eigenvalue weighted by Gasteiger charge is -2.47. The molecule has 1 spiro atoms. The van der Waals surface area contributed by atoms with E-state index in [0.717, 1.165) is 0 Å². The molecule has 0 bridgehead atoms. The predicted molar refractivity (Wildman–Crippen MR) is 96.1 cm³/mol. The lowest BCUT2D eigenvalue weighted by Crippen LogP contribution is -2.54. The predicted octanol–water partition coefficient (Wildman–Crippen LogP) is 1.79. The third-order valence-electron chi connectivity index (χ3n) is 5.38. The number of hydrogen-bond acceptors (Lipinski definition) is 6. The van der Waals surface area contributed by atoms with Crippen LogP contribution in [0.5, 0.6) is 11.5 Å². The second-order valence-electron chi connectivity index (χ2n) is 7.38. The van der Waals surface area contributed by atoms with Crippen LogP contribution in [0.1, 0.15) is 32.6 Å². The summed E-state index contributed by atoms with van der Waals surface area (Å²) in [7, 11) is -0.637. The first kappa shape index (κ1) is 19.4. The van der Waals surface area contributed by atoms with Crippen molar-refractivity contribution in [2.24, 2.45) is 0 Å². The van der Waals surface area contributed by atoms with Crippen molar-refractivity contribution in [3.05, 3.63) is 18.2 Å². The second-order valence-corrected chi connectivity index (χ2v) is 9.31. The normalized spacial score (nSPS) is 26.6. The van der Waals surface area contributed by atoms with Crippen LogP contribution in [0, 0.1) is 0 Å². The lowest BCUT2D eigenvalue weighted by atomic mass is 9.78. The summed E-state index contributed by atoms with van der Waals surface area (Å²) in [6.07, 6.45) is 2.32. The number of methoxy groups -OCH3 is 2. The Morgan fingerprint density at radius 1 is 1.12 bits per heavy atom. The highest BCUT2D eigenvalue weighted by Crippen LogP contribution is 2.40. The number of rotatable bonds is 4. The number of nitrogens with zero attached hydrogens (tertiary/aromatic N) is 1. The quantitative estimate of drug-likeness (QED) is 0.851. The molecule has 1 atom stereocenters. The van der Waals surface area contributed by atoms with E-state index in [0.29, 0.717) is 56.9 Å². The number of benzene rings is 1. The Hall–Kier alpha value is -1.35. The summed E-state index contributed by atoms with van der Waals surface area (Å²) in [6.45, 7) is 3.07. The Morgan fingerprint density at radius 3 is 2.35 bits per heavy atom. The molecule has 1 unspecified atom stereocenters. The molecule has 8 heteroatoms. The van der Waals surface area contributed by atoms with E-state index in [9.17, 15) is 13.5 Å². The van der Waals surface area contributed by atoms with E-state index in [1.165, 1.54) is 30.7 Å². The summed E-state index contributed by atoms with van der Waals surface area (Å²) in [5.74, 6) is 0.871. The first-order chi connectivity index (χ1) is 12.2. The van der Waals surface area contributed by atoms with Crippen molar-refractivity contribution in [3.63, 3.8) is 0 Å². The summed E-state index contributed by atoms with van der Waals surface area (Å²) < 4.78 is 43.8. The molecule has 2 heterocycles. The summed E-state index contributed by atoms with van der Waals surface area (Å²) >= 11 is 0. The second kappa shape index (κ2) is 6.99. The van der Waals surface area contributed by atoms with Gasteiger partial charge in [0.1, 0.15) is 0 Å². The Morgan fingerprint density at radius 2 is 1.77 bits per heavy atom. The molecule has 7 nitrogen and oxygen atoms in total. The van der Waals surface area contributed by atoms with Crippen LogP contribution < -0.4 is 9.47 Å². The SMILES string of the molecule is COc1ccc(S(=O)(=O)N2CCC3(CC2)CC(C)(O)CCO3)cc1OC. The van der Waals surface area contributed by atoms with Crippen molar-refractivity contribution in [1.82, 2.24) is 4.31 Å². The standard InChI is InChI=1S/C18H27NO6S/c1-17(20)8-11-25-18(13-17)6-9-19(10-7-18)26(21,22)14-4-5-15(23-2)16(12-14)24-3/h4-5,12,20H,6-11,13H2,1-3H3. The Balaban J connectivity index is 1.76. The van der Waals surface area contributed by atoms with Gasteiger partial charge in [0.25, 0.3) is 0 Å². The molecule has 1 aromatic carbocycles. The number of hydrogen-bond donors (Lipinski definition) is 1. The van der Waals surface area contributed by atoms with Crippen molar-refractivity contribution in [2.75, 3.05) is 33.9 Å². The molecular weight excluding hydrogens is 358 g/mol. The zero-order chi connectivity index (χ0) is 19.0. The molecule has 1 aromatic rings. The Bertz CT molecular complexity index is 753. The van der Waals surface area contributed by atoms with Crippen molar-refractivity contribution < 1.29 is 27.7 Å². The van der Waals surface area contributed by atoms with E-state index in [1.54, 1.807) is 6.07 Å². The molecule has 0 saturated carbocycles. The summed E-state index contributed by atoms with van der Waals surface area (Å²) in [5, 5.41) is 10.4. The fourth-order valence-corrected chi connectivity index (χ4v) is 5.36. The van der Waals surface area contributed by atoms with Gasteiger partial charge in [-0.15, -0.1) is 0 Å². The topological polar surface area (TPSA) is 85.3 Å². The van der Waals surface area contributed by atoms with E-state index in [4.69, 9.17) is 14.2 Å². The van der Waals surface area contributed by atoms with E-state index in [1.807, 2.05) is 6.92 Å². The molecule has 1 N–H and O–H groups in total. The minimum atomic E-state index is -3.62. The van der Waals surface area contributed by atoms with Gasteiger partial charge in [0.05, 0.1) is 36.9 Å². The number of piperidine rings is 1. The Labute approximate surface area is 154 Å². The molecular formula is C18H27NO6S. The van der Waals surface area contributed by atoms with Gasteiger partial charge in [-0.2, -0.15) is 4.31 Å². The van der Waals surface area contributed by atoms with Crippen molar-refractivity contribution in [1.29, 1.82) is 0 Å². The average molecular weight is 385 g/mol. The first-order valence-electron chi connectivity index (χ1n) is 8.80. The van der Waals surface area contributed by atoms with Crippen LogP contribution >= 0.6 is 0 Å². The third-order valence-corrected chi connectivity index (χ3v) is 7.27. The zero-order valence-electron chi connectivity index (χ0n) is 15.5. The van der Waals surface area contributed by atoms with Crippen LogP contribution in [-0.4, -0.2) is 62.9 Å². The van der Waals surface area contributed by atoms with Gasteiger partial charge in [0.2, 0.25) is 10.0 Å². The van der Waals surface area contributed by atoms with Crippen molar-refractivity contribution in [3.8, 4) is 11.5 Å². The average Bonchev–Trinajstić information content (AvgIpc) is 2.60. The molecule has 2 aliphatic rings. The van der Waals surface area contributed by atoms with Gasteiger partial charge in [0.15, 0.2) is 11.5 Å². The molecule has 0 aliphatic carbocycles. The molecule has 2 aliphatic heterocycles. The minimum absolute atomic E-state index is 0.183. The summed E-state index contributed by atoms with van der Waals surface area (Å²) in [4.78, 5) is 0.183. The molecule has 0 aromatic heterocycles. The molecule has 2 fully saturated rings. The first-order valence-corrected chi connectivity index (χ1v) is 10.2. The van der Waals surface area contributed by atoms with E-state index < -0.39 is 21.2 Å². The fourth-order valence-electron chi connectivity index (χ4n) is 3.90. The van der Waals surface area contributed by atoms with Crippen LogP contribution in [-0.2, 0) is 14.8 Å².